The van der Waals surface area contributed by atoms with Crippen LogP contribution in [0, 0.1) is 0 Å². The fourth-order valence-corrected chi connectivity index (χ4v) is 2.76. The molecular formula is C20H24ClN3O3. The summed E-state index contributed by atoms with van der Waals surface area (Å²) in [6.45, 7) is 5.26. The van der Waals surface area contributed by atoms with Crippen molar-refractivity contribution in [3.8, 4) is 5.75 Å². The van der Waals surface area contributed by atoms with Crippen molar-refractivity contribution in [3.05, 3.63) is 53.1 Å². The number of benzene rings is 2. The molecule has 144 valence electrons. The molecule has 0 fully saturated rings. The molecule has 0 atom stereocenters. The van der Waals surface area contributed by atoms with Gasteiger partial charge < -0.3 is 20.3 Å². The summed E-state index contributed by atoms with van der Waals surface area (Å²) >= 11 is 5.98. The number of halogens is 1. The second-order valence-electron chi connectivity index (χ2n) is 5.80. The molecule has 27 heavy (non-hydrogen) atoms. The summed E-state index contributed by atoms with van der Waals surface area (Å²) in [6.07, 6.45) is 0. The average molecular weight is 390 g/mol. The molecular weight excluding hydrogens is 366 g/mol. The molecule has 0 heterocycles. The minimum atomic E-state index is -0.222. The number of carbonyl (C=O) groups excluding carboxylic acids is 2. The molecule has 0 aromatic heterocycles. The number of hydrogen-bond acceptors (Lipinski definition) is 4. The fourth-order valence-electron chi connectivity index (χ4n) is 2.59. The van der Waals surface area contributed by atoms with Gasteiger partial charge in [0.05, 0.1) is 19.3 Å². The molecule has 0 saturated heterocycles. The molecule has 0 aliphatic heterocycles. The standard InChI is InChI=1S/C20H24ClN3O3/c1-4-24(5-2)20(26)14-6-9-16(10-7-14)23-19(25)13-22-17-12-15(21)8-11-18(17)27-3/h6-12,22H,4-5,13H2,1-3H3,(H,23,25). The van der Waals surface area contributed by atoms with E-state index in [9.17, 15) is 9.59 Å². The van der Waals surface area contributed by atoms with Crippen molar-refractivity contribution < 1.29 is 14.3 Å². The zero-order valence-corrected chi connectivity index (χ0v) is 16.5. The van der Waals surface area contributed by atoms with Gasteiger partial charge in [0, 0.05) is 29.4 Å². The van der Waals surface area contributed by atoms with Gasteiger partial charge in [0.2, 0.25) is 5.91 Å². The van der Waals surface area contributed by atoms with E-state index < -0.39 is 0 Å². The van der Waals surface area contributed by atoms with Gasteiger partial charge in [-0.25, -0.2) is 0 Å². The van der Waals surface area contributed by atoms with Crippen molar-refractivity contribution in [2.45, 2.75) is 13.8 Å². The second kappa shape index (κ2) is 9.83. The molecule has 0 aliphatic rings. The van der Waals surface area contributed by atoms with Crippen LogP contribution in [0.2, 0.25) is 5.02 Å². The monoisotopic (exact) mass is 389 g/mol. The molecule has 2 amide bonds. The first kappa shape index (κ1) is 20.6. The number of ether oxygens (including phenoxy) is 1. The van der Waals surface area contributed by atoms with Crippen molar-refractivity contribution in [2.24, 2.45) is 0 Å². The van der Waals surface area contributed by atoms with Gasteiger partial charge in [-0.05, 0) is 56.3 Å². The van der Waals surface area contributed by atoms with Crippen molar-refractivity contribution in [2.75, 3.05) is 37.4 Å². The van der Waals surface area contributed by atoms with E-state index in [1.165, 1.54) is 0 Å². The number of nitrogens with zero attached hydrogens (tertiary/aromatic N) is 1. The fraction of sp³-hybridized carbons (Fsp3) is 0.300. The van der Waals surface area contributed by atoms with Crippen LogP contribution in [0.25, 0.3) is 0 Å². The van der Waals surface area contributed by atoms with E-state index in [1.807, 2.05) is 13.8 Å². The number of amides is 2. The summed E-state index contributed by atoms with van der Waals surface area (Å²) < 4.78 is 5.24. The summed E-state index contributed by atoms with van der Waals surface area (Å²) in [6, 6.07) is 12.0. The minimum Gasteiger partial charge on any atom is -0.495 e. The van der Waals surface area contributed by atoms with E-state index in [4.69, 9.17) is 16.3 Å². The number of carbonyl (C=O) groups is 2. The maximum Gasteiger partial charge on any atom is 0.253 e. The number of methoxy groups -OCH3 is 1. The molecule has 0 saturated carbocycles. The molecule has 2 aromatic carbocycles. The Bertz CT molecular complexity index is 790. The Morgan fingerprint density at radius 1 is 1.07 bits per heavy atom. The quantitative estimate of drug-likeness (QED) is 0.718. The first-order chi connectivity index (χ1) is 13.0. The Hall–Kier alpha value is -2.73. The molecule has 0 bridgehead atoms. The largest absolute Gasteiger partial charge is 0.495 e. The van der Waals surface area contributed by atoms with E-state index in [-0.39, 0.29) is 18.4 Å². The van der Waals surface area contributed by atoms with Crippen LogP contribution >= 0.6 is 11.6 Å². The third-order valence-electron chi connectivity index (χ3n) is 4.07. The highest BCUT2D eigenvalue weighted by atomic mass is 35.5. The SMILES string of the molecule is CCN(CC)C(=O)c1ccc(NC(=O)CNc2cc(Cl)ccc2OC)cc1. The van der Waals surface area contributed by atoms with Gasteiger partial charge in [-0.1, -0.05) is 11.6 Å². The first-order valence-electron chi connectivity index (χ1n) is 8.75. The average Bonchev–Trinajstić information content (AvgIpc) is 2.68. The number of anilines is 2. The molecule has 2 rings (SSSR count). The lowest BCUT2D eigenvalue weighted by Gasteiger charge is -2.18. The zero-order chi connectivity index (χ0) is 19.8. The summed E-state index contributed by atoms with van der Waals surface area (Å²) in [7, 11) is 1.55. The highest BCUT2D eigenvalue weighted by Crippen LogP contribution is 2.27. The molecule has 0 radical (unpaired) electrons. The first-order valence-corrected chi connectivity index (χ1v) is 9.12. The molecule has 7 heteroatoms. The molecule has 2 aromatic rings. The molecule has 0 spiro atoms. The van der Waals surface area contributed by atoms with E-state index in [2.05, 4.69) is 10.6 Å². The smallest absolute Gasteiger partial charge is 0.253 e. The van der Waals surface area contributed by atoms with E-state index in [1.54, 1.807) is 54.5 Å². The molecule has 0 aliphatic carbocycles. The summed E-state index contributed by atoms with van der Waals surface area (Å²) in [5, 5.41) is 6.34. The highest BCUT2D eigenvalue weighted by Gasteiger charge is 2.12. The van der Waals surface area contributed by atoms with E-state index in [0.29, 0.717) is 40.8 Å². The maximum atomic E-state index is 12.3. The molecule has 6 nitrogen and oxygen atoms in total. The highest BCUT2D eigenvalue weighted by molar-refractivity contribution is 6.31. The van der Waals surface area contributed by atoms with Gasteiger partial charge in [0.15, 0.2) is 0 Å². The van der Waals surface area contributed by atoms with Crippen molar-refractivity contribution in [1.82, 2.24) is 4.90 Å². The van der Waals surface area contributed by atoms with Crippen LogP contribution < -0.4 is 15.4 Å². The van der Waals surface area contributed by atoms with Gasteiger partial charge in [0.1, 0.15) is 5.75 Å². The number of rotatable bonds is 8. The topological polar surface area (TPSA) is 70.7 Å². The van der Waals surface area contributed by atoms with Crippen molar-refractivity contribution in [1.29, 1.82) is 0 Å². The number of nitrogens with one attached hydrogen (secondary N) is 2. The lowest BCUT2D eigenvalue weighted by molar-refractivity contribution is -0.114. The van der Waals surface area contributed by atoms with Crippen molar-refractivity contribution >= 4 is 34.8 Å². The van der Waals surface area contributed by atoms with Crippen LogP contribution in [0.5, 0.6) is 5.75 Å². The van der Waals surface area contributed by atoms with Crippen LogP contribution in [0.4, 0.5) is 11.4 Å². The van der Waals surface area contributed by atoms with E-state index in [0.717, 1.165) is 0 Å². The molecule has 0 unspecified atom stereocenters. The second-order valence-corrected chi connectivity index (χ2v) is 6.24. The van der Waals surface area contributed by atoms with E-state index >= 15 is 0 Å². The third kappa shape index (κ3) is 5.62. The maximum absolute atomic E-state index is 12.3. The predicted molar refractivity (Wildman–Crippen MR) is 109 cm³/mol. The van der Waals surface area contributed by atoms with Crippen LogP contribution in [0.15, 0.2) is 42.5 Å². The summed E-state index contributed by atoms with van der Waals surface area (Å²) in [5.74, 6) is 0.360. The number of hydrogen-bond donors (Lipinski definition) is 2. The third-order valence-corrected chi connectivity index (χ3v) is 4.30. The Morgan fingerprint density at radius 3 is 2.33 bits per heavy atom. The lowest BCUT2D eigenvalue weighted by atomic mass is 10.1. The zero-order valence-electron chi connectivity index (χ0n) is 15.7. The minimum absolute atomic E-state index is 0.0207. The van der Waals surface area contributed by atoms with Crippen LogP contribution in [-0.2, 0) is 4.79 Å². The predicted octanol–water partition coefficient (Wildman–Crippen LogP) is 3.88. The Labute approximate surface area is 164 Å². The Kier molecular flexibility index (Phi) is 7.49. The van der Waals surface area contributed by atoms with Crippen LogP contribution in [0.3, 0.4) is 0 Å². The molecule has 2 N–H and O–H groups in total. The van der Waals surface area contributed by atoms with Crippen LogP contribution in [-0.4, -0.2) is 43.5 Å². The Morgan fingerprint density at radius 2 is 1.74 bits per heavy atom. The van der Waals surface area contributed by atoms with Crippen molar-refractivity contribution in [3.63, 3.8) is 0 Å². The Balaban J connectivity index is 1.94. The van der Waals surface area contributed by atoms with Gasteiger partial charge in [-0.3, -0.25) is 9.59 Å². The summed E-state index contributed by atoms with van der Waals surface area (Å²) in [4.78, 5) is 26.2. The van der Waals surface area contributed by atoms with Gasteiger partial charge in [-0.2, -0.15) is 0 Å². The van der Waals surface area contributed by atoms with Gasteiger partial charge >= 0.3 is 0 Å². The van der Waals surface area contributed by atoms with Crippen LogP contribution in [0.1, 0.15) is 24.2 Å². The van der Waals surface area contributed by atoms with Gasteiger partial charge in [0.25, 0.3) is 5.91 Å². The summed E-state index contributed by atoms with van der Waals surface area (Å²) in [5.41, 5.74) is 1.86. The van der Waals surface area contributed by atoms with Gasteiger partial charge in [-0.15, -0.1) is 0 Å². The lowest BCUT2D eigenvalue weighted by Crippen LogP contribution is -2.30. The normalized spacial score (nSPS) is 10.2.